The van der Waals surface area contributed by atoms with E-state index in [1.165, 1.54) is 0 Å². The average molecular weight is 224 g/mol. The molecule has 4 nitrogen and oxygen atoms in total. The lowest BCUT2D eigenvalue weighted by Crippen LogP contribution is -1.95. The predicted octanol–water partition coefficient (Wildman–Crippen LogP) is 2.13. The van der Waals surface area contributed by atoms with Crippen LogP contribution in [-0.4, -0.2) is 22.0 Å². The SMILES string of the molecule is CNc1nccc(Sc2nccs2)n1. The summed E-state index contributed by atoms with van der Waals surface area (Å²) in [6.07, 6.45) is 3.52. The van der Waals surface area contributed by atoms with Gasteiger partial charge in [-0.3, -0.25) is 0 Å². The third-order valence-corrected chi connectivity index (χ3v) is 3.28. The van der Waals surface area contributed by atoms with Gasteiger partial charge in [0.25, 0.3) is 0 Å². The minimum absolute atomic E-state index is 0.631. The largest absolute Gasteiger partial charge is 0.357 e. The van der Waals surface area contributed by atoms with Crippen LogP contribution in [0.2, 0.25) is 0 Å². The molecule has 1 N–H and O–H groups in total. The maximum absolute atomic E-state index is 4.27. The lowest BCUT2D eigenvalue weighted by Gasteiger charge is -1.99. The number of aromatic nitrogens is 3. The smallest absolute Gasteiger partial charge is 0.223 e. The number of rotatable bonds is 3. The van der Waals surface area contributed by atoms with Crippen molar-refractivity contribution in [3.63, 3.8) is 0 Å². The second-order valence-electron chi connectivity index (χ2n) is 2.37. The zero-order valence-corrected chi connectivity index (χ0v) is 9.10. The van der Waals surface area contributed by atoms with Gasteiger partial charge in [0.2, 0.25) is 5.95 Å². The van der Waals surface area contributed by atoms with Crippen LogP contribution >= 0.6 is 23.1 Å². The molecule has 0 bridgehead atoms. The van der Waals surface area contributed by atoms with E-state index < -0.39 is 0 Å². The van der Waals surface area contributed by atoms with Crippen molar-refractivity contribution in [2.75, 3.05) is 12.4 Å². The number of hydrogen-bond donors (Lipinski definition) is 1. The molecule has 72 valence electrons. The van der Waals surface area contributed by atoms with Crippen molar-refractivity contribution in [2.45, 2.75) is 9.37 Å². The molecule has 14 heavy (non-hydrogen) atoms. The molecule has 6 heteroatoms. The van der Waals surface area contributed by atoms with Crippen molar-refractivity contribution >= 4 is 29.0 Å². The maximum atomic E-state index is 4.27. The summed E-state index contributed by atoms with van der Waals surface area (Å²) < 4.78 is 0.991. The number of hydrogen-bond acceptors (Lipinski definition) is 6. The summed E-state index contributed by atoms with van der Waals surface area (Å²) in [7, 11) is 1.80. The van der Waals surface area contributed by atoms with Gasteiger partial charge in [-0.1, -0.05) is 0 Å². The summed E-state index contributed by atoms with van der Waals surface area (Å²) in [6, 6.07) is 1.87. The Hall–Kier alpha value is -1.14. The van der Waals surface area contributed by atoms with Crippen LogP contribution in [0.1, 0.15) is 0 Å². The van der Waals surface area contributed by atoms with Crippen LogP contribution < -0.4 is 5.32 Å². The number of anilines is 1. The van der Waals surface area contributed by atoms with Gasteiger partial charge in [0.15, 0.2) is 4.34 Å². The normalized spacial score (nSPS) is 10.1. The van der Waals surface area contributed by atoms with Crippen molar-refractivity contribution in [3.8, 4) is 0 Å². The predicted molar refractivity (Wildman–Crippen MR) is 57.8 cm³/mol. The molecular weight excluding hydrogens is 216 g/mol. The van der Waals surface area contributed by atoms with Gasteiger partial charge < -0.3 is 5.32 Å². The fourth-order valence-electron chi connectivity index (χ4n) is 0.870. The Morgan fingerprint density at radius 1 is 1.36 bits per heavy atom. The van der Waals surface area contributed by atoms with Gasteiger partial charge >= 0.3 is 0 Å². The van der Waals surface area contributed by atoms with Gasteiger partial charge in [0, 0.05) is 24.8 Å². The molecule has 0 fully saturated rings. The van der Waals surface area contributed by atoms with Gasteiger partial charge in [-0.05, 0) is 17.8 Å². The Balaban J connectivity index is 2.17. The third kappa shape index (κ3) is 2.21. The van der Waals surface area contributed by atoms with Gasteiger partial charge in [-0.15, -0.1) is 11.3 Å². The monoisotopic (exact) mass is 224 g/mol. The molecule has 0 saturated carbocycles. The highest BCUT2D eigenvalue weighted by Gasteiger charge is 2.01. The first-order valence-corrected chi connectivity index (χ1v) is 5.66. The molecule has 0 radical (unpaired) electrons. The number of thiazole rings is 1. The highest BCUT2D eigenvalue weighted by molar-refractivity contribution is 8.00. The van der Waals surface area contributed by atoms with Crippen LogP contribution in [0.4, 0.5) is 5.95 Å². The van der Waals surface area contributed by atoms with Gasteiger partial charge in [0.05, 0.1) is 0 Å². The number of nitrogens with one attached hydrogen (secondary N) is 1. The van der Waals surface area contributed by atoms with Crippen LogP contribution in [0.5, 0.6) is 0 Å². The molecule has 0 atom stereocenters. The van der Waals surface area contributed by atoms with E-state index in [0.717, 1.165) is 9.37 Å². The van der Waals surface area contributed by atoms with Gasteiger partial charge in [0.1, 0.15) is 5.03 Å². The van der Waals surface area contributed by atoms with E-state index in [1.54, 1.807) is 42.5 Å². The Kier molecular flexibility index (Phi) is 2.95. The van der Waals surface area contributed by atoms with Gasteiger partial charge in [-0.25, -0.2) is 15.0 Å². The summed E-state index contributed by atoms with van der Waals surface area (Å²) in [5.41, 5.74) is 0. The minimum atomic E-state index is 0.631. The Morgan fingerprint density at radius 3 is 3.00 bits per heavy atom. The first-order chi connectivity index (χ1) is 6.88. The molecule has 2 heterocycles. The Bertz CT molecular complexity index is 401. The molecule has 0 unspecified atom stereocenters. The Morgan fingerprint density at radius 2 is 2.29 bits per heavy atom. The van der Waals surface area contributed by atoms with E-state index in [1.807, 2.05) is 11.4 Å². The third-order valence-electron chi connectivity index (χ3n) is 1.46. The van der Waals surface area contributed by atoms with Crippen molar-refractivity contribution in [1.29, 1.82) is 0 Å². The second-order valence-corrected chi connectivity index (χ2v) is 4.53. The highest BCUT2D eigenvalue weighted by atomic mass is 32.2. The highest BCUT2D eigenvalue weighted by Crippen LogP contribution is 2.27. The van der Waals surface area contributed by atoms with E-state index in [-0.39, 0.29) is 0 Å². The lowest BCUT2D eigenvalue weighted by molar-refractivity contribution is 1.04. The summed E-state index contributed by atoms with van der Waals surface area (Å²) >= 11 is 3.14. The van der Waals surface area contributed by atoms with E-state index in [9.17, 15) is 0 Å². The van der Waals surface area contributed by atoms with E-state index >= 15 is 0 Å². The van der Waals surface area contributed by atoms with Crippen molar-refractivity contribution in [2.24, 2.45) is 0 Å². The summed E-state index contributed by atoms with van der Waals surface area (Å²) in [4.78, 5) is 12.5. The van der Waals surface area contributed by atoms with Crippen LogP contribution in [0, 0.1) is 0 Å². The quantitative estimate of drug-likeness (QED) is 0.809. The van der Waals surface area contributed by atoms with Crippen molar-refractivity contribution in [3.05, 3.63) is 23.8 Å². The van der Waals surface area contributed by atoms with Crippen LogP contribution in [0.25, 0.3) is 0 Å². The lowest BCUT2D eigenvalue weighted by atomic mass is 10.7. The minimum Gasteiger partial charge on any atom is -0.357 e. The summed E-state index contributed by atoms with van der Waals surface area (Å²) in [5.74, 6) is 0.631. The molecule has 0 amide bonds. The average Bonchev–Trinajstić information content (AvgIpc) is 2.71. The van der Waals surface area contributed by atoms with Crippen molar-refractivity contribution < 1.29 is 0 Å². The van der Waals surface area contributed by atoms with Crippen molar-refractivity contribution in [1.82, 2.24) is 15.0 Å². The number of nitrogens with zero attached hydrogens (tertiary/aromatic N) is 3. The van der Waals surface area contributed by atoms with E-state index in [2.05, 4.69) is 20.3 Å². The molecule has 2 aromatic heterocycles. The van der Waals surface area contributed by atoms with E-state index in [0.29, 0.717) is 5.95 Å². The molecule has 0 aromatic carbocycles. The topological polar surface area (TPSA) is 50.7 Å². The molecule has 0 spiro atoms. The maximum Gasteiger partial charge on any atom is 0.223 e. The molecular formula is C8H8N4S2. The fourth-order valence-corrected chi connectivity index (χ4v) is 2.40. The summed E-state index contributed by atoms with van der Waals surface area (Å²) in [5, 5.41) is 5.74. The molecule has 2 rings (SSSR count). The molecule has 0 aliphatic rings. The fraction of sp³-hybridized carbons (Fsp3) is 0.125. The van der Waals surface area contributed by atoms with E-state index in [4.69, 9.17) is 0 Å². The first-order valence-electron chi connectivity index (χ1n) is 3.96. The molecule has 0 saturated heterocycles. The molecule has 2 aromatic rings. The zero-order chi connectivity index (χ0) is 9.80. The summed E-state index contributed by atoms with van der Waals surface area (Å²) in [6.45, 7) is 0. The van der Waals surface area contributed by atoms with Crippen LogP contribution in [0.15, 0.2) is 33.2 Å². The second kappa shape index (κ2) is 4.39. The zero-order valence-electron chi connectivity index (χ0n) is 7.47. The standard InChI is InChI=1S/C8H8N4S2/c1-9-7-10-3-2-6(12-7)14-8-11-4-5-13-8/h2-5H,1H3,(H,9,10,12). The molecule has 0 aliphatic carbocycles. The van der Waals surface area contributed by atoms with Crippen LogP contribution in [0.3, 0.4) is 0 Å². The first kappa shape index (κ1) is 9.42. The van der Waals surface area contributed by atoms with Crippen LogP contribution in [-0.2, 0) is 0 Å². The Labute approximate surface area is 89.8 Å². The van der Waals surface area contributed by atoms with Gasteiger partial charge in [-0.2, -0.15) is 0 Å². The molecule has 0 aliphatic heterocycles.